The van der Waals surface area contributed by atoms with Crippen LogP contribution >= 0.6 is 34.4 Å². The van der Waals surface area contributed by atoms with Crippen LogP contribution in [0.4, 0.5) is 0 Å². The molecule has 1 heterocycles. The van der Waals surface area contributed by atoms with Gasteiger partial charge in [0.2, 0.25) is 0 Å². The Hall–Kier alpha value is -1.58. The van der Waals surface area contributed by atoms with E-state index in [1.165, 1.54) is 9.13 Å². The average Bonchev–Trinajstić information content (AvgIpc) is 3.01. The monoisotopic (exact) mass is 496 g/mol. The van der Waals surface area contributed by atoms with Crippen LogP contribution in [0.5, 0.6) is 0 Å². The first kappa shape index (κ1) is 20.2. The fourth-order valence-corrected chi connectivity index (χ4v) is 4.32. The Morgan fingerprint density at radius 1 is 1.26 bits per heavy atom. The molecule has 0 N–H and O–H groups in total. The molecule has 0 aliphatic rings. The zero-order chi connectivity index (χ0) is 19.2. The van der Waals surface area contributed by atoms with Crippen molar-refractivity contribution in [3.05, 3.63) is 57.2 Å². The molecule has 7 heteroatoms. The molecule has 0 saturated carbocycles. The van der Waals surface area contributed by atoms with Crippen LogP contribution in [0.2, 0.25) is 0 Å². The van der Waals surface area contributed by atoms with Crippen LogP contribution in [-0.4, -0.2) is 35.8 Å². The number of fused-ring (bicyclic) bond motifs is 1. The van der Waals surface area contributed by atoms with Crippen molar-refractivity contribution in [2.24, 2.45) is 0 Å². The highest BCUT2D eigenvalue weighted by molar-refractivity contribution is 14.1. The highest BCUT2D eigenvalue weighted by Gasteiger charge is 2.15. The van der Waals surface area contributed by atoms with E-state index in [4.69, 9.17) is 14.5 Å². The van der Waals surface area contributed by atoms with Gasteiger partial charge in [-0.25, -0.2) is 9.78 Å². The summed E-state index contributed by atoms with van der Waals surface area (Å²) in [5, 5.41) is 0.918. The third kappa shape index (κ3) is 5.03. The fourth-order valence-electron chi connectivity index (χ4n) is 2.73. The van der Waals surface area contributed by atoms with Gasteiger partial charge in [0.25, 0.3) is 0 Å². The number of imidazole rings is 1. The Morgan fingerprint density at radius 3 is 2.85 bits per heavy atom. The van der Waals surface area contributed by atoms with Crippen LogP contribution in [0.15, 0.2) is 47.6 Å². The molecule has 0 radical (unpaired) electrons. The van der Waals surface area contributed by atoms with E-state index in [0.717, 1.165) is 21.9 Å². The molecule has 5 nitrogen and oxygen atoms in total. The predicted octanol–water partition coefficient (Wildman–Crippen LogP) is 4.76. The van der Waals surface area contributed by atoms with E-state index in [-0.39, 0.29) is 5.97 Å². The van der Waals surface area contributed by atoms with Crippen LogP contribution in [0, 0.1) is 3.57 Å². The molecule has 2 aromatic carbocycles. The van der Waals surface area contributed by atoms with Crippen LogP contribution < -0.4 is 0 Å². The first-order valence-electron chi connectivity index (χ1n) is 8.66. The molecule has 142 valence electrons. The molecular weight excluding hydrogens is 475 g/mol. The van der Waals surface area contributed by atoms with Crippen molar-refractivity contribution in [1.29, 1.82) is 0 Å². The van der Waals surface area contributed by atoms with Crippen molar-refractivity contribution in [3.63, 3.8) is 0 Å². The maximum Gasteiger partial charge on any atom is 0.338 e. The topological polar surface area (TPSA) is 53.3 Å². The van der Waals surface area contributed by atoms with Gasteiger partial charge < -0.3 is 14.0 Å². The van der Waals surface area contributed by atoms with Gasteiger partial charge in [0.15, 0.2) is 5.16 Å². The minimum atomic E-state index is -0.320. The summed E-state index contributed by atoms with van der Waals surface area (Å²) in [6, 6.07) is 14.0. The Morgan fingerprint density at radius 2 is 2.11 bits per heavy atom. The van der Waals surface area contributed by atoms with Crippen molar-refractivity contribution in [1.82, 2.24) is 9.55 Å². The summed E-state index contributed by atoms with van der Waals surface area (Å²) in [6.07, 6.45) is 0. The van der Waals surface area contributed by atoms with E-state index >= 15 is 0 Å². The minimum Gasteiger partial charge on any atom is -0.462 e. The van der Waals surface area contributed by atoms with Crippen LogP contribution in [0.1, 0.15) is 22.8 Å². The first-order valence-corrected chi connectivity index (χ1v) is 10.7. The predicted molar refractivity (Wildman–Crippen MR) is 116 cm³/mol. The van der Waals surface area contributed by atoms with Gasteiger partial charge in [-0.1, -0.05) is 23.9 Å². The Bertz CT molecular complexity index is 942. The molecule has 0 aliphatic carbocycles. The molecular formula is C20H21IN2O3S. The van der Waals surface area contributed by atoms with Crippen molar-refractivity contribution in [3.8, 4) is 0 Å². The lowest BCUT2D eigenvalue weighted by atomic mass is 10.2. The number of benzene rings is 2. The number of esters is 1. The van der Waals surface area contributed by atoms with E-state index in [9.17, 15) is 4.79 Å². The zero-order valence-corrected chi connectivity index (χ0v) is 18.2. The molecule has 0 fully saturated rings. The normalized spacial score (nSPS) is 11.1. The number of methoxy groups -OCH3 is 1. The van der Waals surface area contributed by atoms with E-state index in [1.807, 2.05) is 6.07 Å². The molecule has 0 spiro atoms. The van der Waals surface area contributed by atoms with Gasteiger partial charge in [-0.3, -0.25) is 0 Å². The zero-order valence-electron chi connectivity index (χ0n) is 15.3. The number of thioether (sulfide) groups is 1. The summed E-state index contributed by atoms with van der Waals surface area (Å²) in [4.78, 5) is 16.8. The van der Waals surface area contributed by atoms with Crippen LogP contribution in [-0.2, 0) is 21.8 Å². The Balaban J connectivity index is 1.90. The maximum atomic E-state index is 12.0. The maximum absolute atomic E-state index is 12.0. The summed E-state index contributed by atoms with van der Waals surface area (Å²) in [7, 11) is 1.69. The van der Waals surface area contributed by atoms with Crippen molar-refractivity contribution in [2.45, 2.75) is 24.4 Å². The first-order chi connectivity index (χ1) is 13.1. The average molecular weight is 496 g/mol. The molecule has 0 atom stereocenters. The smallest absolute Gasteiger partial charge is 0.338 e. The highest BCUT2D eigenvalue weighted by Crippen LogP contribution is 2.28. The molecule has 3 rings (SSSR count). The second-order valence-electron chi connectivity index (χ2n) is 5.88. The van der Waals surface area contributed by atoms with Gasteiger partial charge in [-0.15, -0.1) is 0 Å². The number of hydrogen-bond acceptors (Lipinski definition) is 5. The second kappa shape index (κ2) is 9.57. The van der Waals surface area contributed by atoms with Crippen LogP contribution in [0.25, 0.3) is 11.0 Å². The lowest BCUT2D eigenvalue weighted by Crippen LogP contribution is -2.06. The lowest BCUT2D eigenvalue weighted by molar-refractivity contribution is 0.0526. The molecule has 3 aromatic rings. The number of aromatic nitrogens is 2. The fraction of sp³-hybridized carbons (Fsp3) is 0.300. The Kier molecular flexibility index (Phi) is 7.14. The molecule has 0 saturated heterocycles. The standard InChI is InChI=1S/C20H21IN2O3S/c1-3-26-19(24)15-7-8-18-17(12-15)22-20(23(18)9-10-25-2)27-13-14-5-4-6-16(21)11-14/h4-8,11-12H,3,9-10,13H2,1-2H3. The second-order valence-corrected chi connectivity index (χ2v) is 8.07. The summed E-state index contributed by atoms with van der Waals surface area (Å²) in [6.45, 7) is 3.47. The third-order valence-corrected chi connectivity index (χ3v) is 5.72. The van der Waals surface area contributed by atoms with E-state index in [0.29, 0.717) is 25.3 Å². The number of ether oxygens (including phenoxy) is 2. The molecule has 1 aromatic heterocycles. The Labute approximate surface area is 176 Å². The van der Waals surface area contributed by atoms with Gasteiger partial charge in [-0.05, 0) is 65.4 Å². The van der Waals surface area contributed by atoms with Gasteiger partial charge in [0, 0.05) is 23.0 Å². The van der Waals surface area contributed by atoms with Gasteiger partial charge in [-0.2, -0.15) is 0 Å². The van der Waals surface area contributed by atoms with Gasteiger partial charge in [0.1, 0.15) is 0 Å². The van der Waals surface area contributed by atoms with Gasteiger partial charge >= 0.3 is 5.97 Å². The SMILES string of the molecule is CCOC(=O)c1ccc2c(c1)nc(SCc1cccc(I)c1)n2CCOC. The largest absolute Gasteiger partial charge is 0.462 e. The summed E-state index contributed by atoms with van der Waals surface area (Å²) in [5.41, 5.74) is 3.56. The van der Waals surface area contributed by atoms with E-state index in [2.05, 4.69) is 51.4 Å². The van der Waals surface area contributed by atoms with Crippen molar-refractivity contribution >= 4 is 51.4 Å². The van der Waals surface area contributed by atoms with Gasteiger partial charge in [0.05, 0.1) is 29.8 Å². The summed E-state index contributed by atoms with van der Waals surface area (Å²) in [5.74, 6) is 0.511. The van der Waals surface area contributed by atoms with Crippen molar-refractivity contribution in [2.75, 3.05) is 20.3 Å². The molecule has 27 heavy (non-hydrogen) atoms. The van der Waals surface area contributed by atoms with E-state index in [1.54, 1.807) is 37.9 Å². The quantitative estimate of drug-likeness (QED) is 0.256. The number of carbonyl (C=O) groups is 1. The molecule has 0 bridgehead atoms. The van der Waals surface area contributed by atoms with Crippen LogP contribution in [0.3, 0.4) is 0 Å². The summed E-state index contributed by atoms with van der Waals surface area (Å²) >= 11 is 4.01. The number of halogens is 1. The number of rotatable bonds is 8. The molecule has 0 unspecified atom stereocenters. The minimum absolute atomic E-state index is 0.320. The molecule has 0 amide bonds. The van der Waals surface area contributed by atoms with Crippen molar-refractivity contribution < 1.29 is 14.3 Å². The summed E-state index contributed by atoms with van der Waals surface area (Å²) < 4.78 is 13.7. The number of nitrogens with zero attached hydrogens (tertiary/aromatic N) is 2. The lowest BCUT2D eigenvalue weighted by Gasteiger charge is -2.08. The highest BCUT2D eigenvalue weighted by atomic mass is 127. The third-order valence-electron chi connectivity index (χ3n) is 4.00. The number of carbonyl (C=O) groups excluding carboxylic acids is 1. The number of hydrogen-bond donors (Lipinski definition) is 0. The van der Waals surface area contributed by atoms with E-state index < -0.39 is 0 Å². The molecule has 0 aliphatic heterocycles.